The van der Waals surface area contributed by atoms with Crippen LogP contribution in [0.1, 0.15) is 66.7 Å². The third kappa shape index (κ3) is 9.00. The number of allylic oxidation sites excluding steroid dienone is 2. The second-order valence-electron chi connectivity index (χ2n) is 11.5. The molecule has 2 aliphatic carbocycles. The molecule has 2 amide bonds. The average molecular weight is 658 g/mol. The Morgan fingerprint density at radius 2 is 1.74 bits per heavy atom. The number of aliphatic hydroxyl groups excluding tert-OH is 2. The van der Waals surface area contributed by atoms with E-state index in [1.165, 1.54) is 54.8 Å². The summed E-state index contributed by atoms with van der Waals surface area (Å²) in [4.78, 5) is 36.6. The average Bonchev–Trinajstić information content (AvgIpc) is 3.59. The van der Waals surface area contributed by atoms with E-state index in [0.717, 1.165) is 23.3 Å². The van der Waals surface area contributed by atoms with Crippen LogP contribution in [0.15, 0.2) is 72.8 Å². The predicted octanol–water partition coefficient (Wildman–Crippen LogP) is 3.76. The zero-order valence-corrected chi connectivity index (χ0v) is 26.0. The molecule has 46 heavy (non-hydrogen) atoms. The molecule has 4 rings (SSSR count). The highest BCUT2D eigenvalue weighted by Crippen LogP contribution is 2.36. The number of carbonyl (C=O) groups excluding carboxylic acids is 1. The van der Waals surface area contributed by atoms with E-state index in [1.807, 2.05) is 16.9 Å². The zero-order valence-electron chi connectivity index (χ0n) is 25.2. The molecule has 0 radical (unpaired) electrons. The second-order valence-corrected chi connectivity index (χ2v) is 13.3. The highest BCUT2D eigenvalue weighted by molar-refractivity contribution is 7.90. The number of nitrogens with one attached hydrogen (secondary N) is 1. The number of hydrogen-bond acceptors (Lipinski definition) is 9. The summed E-state index contributed by atoms with van der Waals surface area (Å²) in [5.74, 6) is -1.19. The molecule has 0 aromatic heterocycles. The summed E-state index contributed by atoms with van der Waals surface area (Å²) < 4.78 is 33.0. The lowest BCUT2D eigenvalue weighted by Crippen LogP contribution is -2.50. The van der Waals surface area contributed by atoms with Crippen molar-refractivity contribution in [2.75, 3.05) is 32.1 Å². The number of benzene rings is 2. The van der Waals surface area contributed by atoms with Crippen LogP contribution in [-0.4, -0.2) is 83.2 Å². The van der Waals surface area contributed by atoms with Gasteiger partial charge in [0.2, 0.25) is 10.0 Å². The van der Waals surface area contributed by atoms with Gasteiger partial charge in [0.05, 0.1) is 29.9 Å². The molecular formula is C32H39N3O10S. The molecule has 0 aliphatic heterocycles. The van der Waals surface area contributed by atoms with Crippen molar-refractivity contribution < 1.29 is 43.0 Å². The number of nitro groups is 1. The summed E-state index contributed by atoms with van der Waals surface area (Å²) in [5.41, 5.74) is 0.454. The van der Waals surface area contributed by atoms with E-state index in [9.17, 15) is 38.3 Å². The number of nitrogens with zero attached hydrogens (tertiary/aromatic N) is 2. The Balaban J connectivity index is 1.49. The minimum Gasteiger partial charge on any atom is -0.465 e. The number of nitro benzene ring substituents is 1. The third-order valence-electron chi connectivity index (χ3n) is 8.25. The van der Waals surface area contributed by atoms with Gasteiger partial charge in [0.1, 0.15) is 0 Å². The van der Waals surface area contributed by atoms with Crippen LogP contribution in [0.3, 0.4) is 0 Å². The van der Waals surface area contributed by atoms with Crippen LogP contribution in [0, 0.1) is 10.1 Å². The summed E-state index contributed by atoms with van der Waals surface area (Å²) >= 11 is 0. The first kappa shape index (κ1) is 34.8. The molecule has 248 valence electrons. The van der Waals surface area contributed by atoms with Gasteiger partial charge < -0.3 is 25.0 Å². The lowest BCUT2D eigenvalue weighted by molar-refractivity contribution is -0.384. The van der Waals surface area contributed by atoms with Crippen LogP contribution in [0.5, 0.6) is 0 Å². The Kier molecular flexibility index (Phi) is 11.7. The first-order chi connectivity index (χ1) is 21.9. The zero-order chi connectivity index (χ0) is 33.3. The van der Waals surface area contributed by atoms with Crippen LogP contribution < -0.4 is 4.72 Å². The fourth-order valence-electron chi connectivity index (χ4n) is 5.68. The van der Waals surface area contributed by atoms with Crippen molar-refractivity contribution in [1.29, 1.82) is 0 Å². The van der Waals surface area contributed by atoms with E-state index in [4.69, 9.17) is 9.84 Å². The quantitative estimate of drug-likeness (QED) is 0.124. The van der Waals surface area contributed by atoms with Crippen LogP contribution >= 0.6 is 0 Å². The minimum atomic E-state index is -4.11. The lowest BCUT2D eigenvalue weighted by Gasteiger charge is -2.31. The van der Waals surface area contributed by atoms with Gasteiger partial charge in [-0.15, -0.1) is 0 Å². The van der Waals surface area contributed by atoms with Gasteiger partial charge in [0, 0.05) is 31.2 Å². The smallest absolute Gasteiger partial charge is 0.407 e. The van der Waals surface area contributed by atoms with Gasteiger partial charge in [-0.05, 0) is 66.2 Å². The van der Waals surface area contributed by atoms with Gasteiger partial charge in [-0.1, -0.05) is 49.3 Å². The molecule has 0 saturated heterocycles. The van der Waals surface area contributed by atoms with E-state index in [0.29, 0.717) is 5.92 Å². The summed E-state index contributed by atoms with van der Waals surface area (Å²) in [6, 6.07) is 13.3. The van der Waals surface area contributed by atoms with Gasteiger partial charge >= 0.3 is 6.09 Å². The summed E-state index contributed by atoms with van der Waals surface area (Å²) in [6.07, 6.45) is 8.29. The molecule has 2 aromatic rings. The molecule has 2 aromatic carbocycles. The van der Waals surface area contributed by atoms with Crippen molar-refractivity contribution in [2.45, 2.75) is 55.6 Å². The maximum Gasteiger partial charge on any atom is 0.407 e. The Morgan fingerprint density at radius 1 is 1.09 bits per heavy atom. The van der Waals surface area contributed by atoms with E-state index in [2.05, 4.69) is 12.1 Å². The van der Waals surface area contributed by atoms with Crippen molar-refractivity contribution in [3.05, 3.63) is 99.6 Å². The largest absolute Gasteiger partial charge is 0.465 e. The number of ether oxygens (including phenoxy) is 1. The van der Waals surface area contributed by atoms with Crippen molar-refractivity contribution >= 4 is 27.7 Å². The second kappa shape index (κ2) is 15.5. The maximum absolute atomic E-state index is 13.4. The molecule has 1 saturated carbocycles. The van der Waals surface area contributed by atoms with Gasteiger partial charge in [-0.2, -0.15) is 0 Å². The lowest BCUT2D eigenvalue weighted by atomic mass is 9.86. The number of carbonyl (C=O) groups is 2. The summed E-state index contributed by atoms with van der Waals surface area (Å²) in [5, 5.41) is 40.3. The van der Waals surface area contributed by atoms with Crippen LogP contribution in [-0.2, 0) is 19.6 Å². The molecule has 14 heteroatoms. The minimum absolute atomic E-state index is 0.0772. The van der Waals surface area contributed by atoms with Crippen LogP contribution in [0.25, 0.3) is 0 Å². The Bertz CT molecular complexity index is 1540. The van der Waals surface area contributed by atoms with E-state index in [-0.39, 0.29) is 43.3 Å². The van der Waals surface area contributed by atoms with Gasteiger partial charge in [-0.3, -0.25) is 14.9 Å². The number of aliphatic hydroxyl groups is 2. The van der Waals surface area contributed by atoms with Crippen LogP contribution in [0.2, 0.25) is 0 Å². The number of rotatable bonds is 15. The van der Waals surface area contributed by atoms with Crippen LogP contribution in [0.4, 0.5) is 10.5 Å². The molecule has 1 fully saturated rings. The van der Waals surface area contributed by atoms with Crippen molar-refractivity contribution in [1.82, 2.24) is 9.62 Å². The molecular weight excluding hydrogens is 618 g/mol. The summed E-state index contributed by atoms with van der Waals surface area (Å²) in [6.45, 7) is -1.41. The first-order valence-electron chi connectivity index (χ1n) is 15.1. The first-order valence-corrected chi connectivity index (χ1v) is 16.8. The topological polar surface area (TPSA) is 197 Å². The van der Waals surface area contributed by atoms with Gasteiger partial charge in [-0.25, -0.2) is 17.9 Å². The monoisotopic (exact) mass is 657 g/mol. The number of hydrogen-bond donors (Lipinski definition) is 4. The van der Waals surface area contributed by atoms with Crippen molar-refractivity contribution in [3.8, 4) is 0 Å². The highest BCUT2D eigenvalue weighted by Gasteiger charge is 2.39. The summed E-state index contributed by atoms with van der Waals surface area (Å²) in [7, 11) is -4.11. The predicted molar refractivity (Wildman–Crippen MR) is 169 cm³/mol. The molecule has 2 aliphatic rings. The van der Waals surface area contributed by atoms with Gasteiger partial charge in [0.25, 0.3) is 11.6 Å². The molecule has 0 unspecified atom stereocenters. The molecule has 4 N–H and O–H groups in total. The molecule has 0 bridgehead atoms. The van der Waals surface area contributed by atoms with Gasteiger partial charge in [0.15, 0.2) is 5.60 Å². The van der Waals surface area contributed by atoms with E-state index < -0.39 is 50.9 Å². The number of non-ortho nitro benzene ring substituents is 1. The molecule has 0 spiro atoms. The number of carboxylic acid groups (broad SMARTS) is 1. The standard InChI is InChI=1S/C32H39N3O10S/c36-18-4-20-46(43,44)33-30(38)32(15-13-24(14-16-32)27-8-3-7-26(21-27)23-5-1-2-6-23)45-19-17-34(31(39)40)22-29(37)25-9-11-28(12-10-25)35(41)42/h3,7-16,21,23-24,29,36-37H,1-2,4-6,17-20,22H2,(H,33,38)(H,39,40)/t24?,29-,32?/m0/s1. The Hall–Kier alpha value is -4.11. The number of amides is 2. The van der Waals surface area contributed by atoms with E-state index in [1.54, 1.807) is 12.2 Å². The number of sulfonamides is 1. The molecule has 1 atom stereocenters. The van der Waals surface area contributed by atoms with Crippen molar-refractivity contribution in [2.24, 2.45) is 0 Å². The Morgan fingerprint density at radius 3 is 2.35 bits per heavy atom. The Labute approximate surface area is 267 Å². The van der Waals surface area contributed by atoms with Crippen molar-refractivity contribution in [3.63, 3.8) is 0 Å². The normalized spacial score (nSPS) is 20.3. The third-order valence-corrected chi connectivity index (χ3v) is 9.58. The molecule has 0 heterocycles. The van der Waals surface area contributed by atoms with E-state index >= 15 is 0 Å². The fourth-order valence-corrected chi connectivity index (χ4v) is 6.73. The highest BCUT2D eigenvalue weighted by atomic mass is 32.2. The molecule has 13 nitrogen and oxygen atoms in total. The maximum atomic E-state index is 13.4. The fraction of sp³-hybridized carbons (Fsp3) is 0.438. The SMILES string of the molecule is O=C(O)N(CCOC1(C(=O)NS(=O)(=O)CCCO)C=CC(c2cccc(C3CCCC3)c2)C=C1)C[C@H](O)c1ccc([N+](=O)[O-])cc1.